The van der Waals surface area contributed by atoms with Gasteiger partial charge in [-0.3, -0.25) is 4.79 Å². The van der Waals surface area contributed by atoms with Gasteiger partial charge in [0.2, 0.25) is 15.9 Å². The van der Waals surface area contributed by atoms with Crippen molar-refractivity contribution in [3.05, 3.63) is 71.8 Å². The van der Waals surface area contributed by atoms with Gasteiger partial charge in [0.1, 0.15) is 12.4 Å². The molecule has 0 aromatic heterocycles. The zero-order valence-corrected chi connectivity index (χ0v) is 18.9. The van der Waals surface area contributed by atoms with Gasteiger partial charge in [0.15, 0.2) is 0 Å². The van der Waals surface area contributed by atoms with E-state index >= 15 is 0 Å². The fourth-order valence-electron chi connectivity index (χ4n) is 3.60. The van der Waals surface area contributed by atoms with Crippen molar-refractivity contribution in [2.45, 2.75) is 32.4 Å². The lowest BCUT2D eigenvalue weighted by molar-refractivity contribution is -0.127. The predicted molar refractivity (Wildman–Crippen MR) is 123 cm³/mol. The Morgan fingerprint density at radius 3 is 2.52 bits per heavy atom. The number of amides is 1. The lowest BCUT2D eigenvalue weighted by Crippen LogP contribution is -2.47. The van der Waals surface area contributed by atoms with Crippen LogP contribution in [0.1, 0.15) is 30.9 Å². The maximum absolute atomic E-state index is 12.6. The highest BCUT2D eigenvalue weighted by Crippen LogP contribution is 2.20. The number of likely N-dealkylation sites (tertiary alicyclic amines) is 1. The average Bonchev–Trinajstić information content (AvgIpc) is 2.81. The fourth-order valence-corrected chi connectivity index (χ4v) is 4.67. The van der Waals surface area contributed by atoms with E-state index in [-0.39, 0.29) is 17.7 Å². The van der Waals surface area contributed by atoms with E-state index in [0.29, 0.717) is 32.5 Å². The smallest absolute Gasteiger partial charge is 0.246 e. The maximum Gasteiger partial charge on any atom is 0.246 e. The first-order chi connectivity index (χ1) is 14.9. The molecule has 0 aliphatic carbocycles. The largest absolute Gasteiger partial charge is 0.489 e. The molecule has 1 aliphatic rings. The zero-order valence-electron chi connectivity index (χ0n) is 18.1. The molecule has 0 saturated carbocycles. The fraction of sp³-hybridized carbons (Fsp3) is 0.375. The molecule has 1 amide bonds. The monoisotopic (exact) mass is 442 g/mol. The van der Waals surface area contributed by atoms with E-state index in [9.17, 15) is 13.2 Å². The Morgan fingerprint density at radius 1 is 1.13 bits per heavy atom. The van der Waals surface area contributed by atoms with Gasteiger partial charge >= 0.3 is 0 Å². The summed E-state index contributed by atoms with van der Waals surface area (Å²) < 4.78 is 31.4. The maximum atomic E-state index is 12.6. The Bertz CT molecular complexity index is 997. The summed E-state index contributed by atoms with van der Waals surface area (Å²) in [6, 6.07) is 17.5. The van der Waals surface area contributed by atoms with Crippen molar-refractivity contribution in [3.63, 3.8) is 0 Å². The molecular weight excluding hydrogens is 412 g/mol. The van der Waals surface area contributed by atoms with Gasteiger partial charge in [0.05, 0.1) is 5.75 Å². The quantitative estimate of drug-likeness (QED) is 0.587. The van der Waals surface area contributed by atoms with Crippen molar-refractivity contribution >= 4 is 22.0 Å². The van der Waals surface area contributed by atoms with Crippen LogP contribution in [0.2, 0.25) is 0 Å². The molecule has 2 aromatic carbocycles. The highest BCUT2D eigenvalue weighted by molar-refractivity contribution is 7.89. The molecule has 7 heteroatoms. The minimum Gasteiger partial charge on any atom is -0.489 e. The molecular formula is C24H30N2O4S. The van der Waals surface area contributed by atoms with Gasteiger partial charge in [-0.2, -0.15) is 0 Å². The van der Waals surface area contributed by atoms with E-state index in [0.717, 1.165) is 16.9 Å². The third-order valence-corrected chi connectivity index (χ3v) is 7.52. The molecule has 0 spiro atoms. The summed E-state index contributed by atoms with van der Waals surface area (Å²) in [6.45, 7) is 3.25. The van der Waals surface area contributed by atoms with E-state index in [2.05, 4.69) is 0 Å². The second-order valence-electron chi connectivity index (χ2n) is 7.65. The van der Waals surface area contributed by atoms with E-state index in [1.54, 1.807) is 31.0 Å². The summed E-state index contributed by atoms with van der Waals surface area (Å²) in [5.41, 5.74) is 1.99. The minimum absolute atomic E-state index is 0.0450. The number of rotatable bonds is 8. The van der Waals surface area contributed by atoms with Gasteiger partial charge in [-0.05, 0) is 49.1 Å². The number of sulfonamides is 1. The van der Waals surface area contributed by atoms with Crippen molar-refractivity contribution in [1.29, 1.82) is 0 Å². The summed E-state index contributed by atoms with van der Waals surface area (Å²) in [7, 11) is -1.57. The van der Waals surface area contributed by atoms with Crippen molar-refractivity contribution in [1.82, 2.24) is 9.21 Å². The molecule has 0 unspecified atom stereocenters. The average molecular weight is 443 g/mol. The molecule has 0 bridgehead atoms. The van der Waals surface area contributed by atoms with Crippen LogP contribution in [-0.4, -0.2) is 55.5 Å². The molecule has 0 N–H and O–H groups in total. The summed E-state index contributed by atoms with van der Waals surface area (Å²) in [6.07, 6.45) is 4.66. The molecule has 1 heterocycles. The Kier molecular flexibility index (Phi) is 7.87. The van der Waals surface area contributed by atoms with Crippen molar-refractivity contribution in [3.8, 4) is 5.75 Å². The first-order valence-electron chi connectivity index (χ1n) is 10.6. The number of ether oxygens (including phenoxy) is 1. The predicted octanol–water partition coefficient (Wildman–Crippen LogP) is 3.55. The van der Waals surface area contributed by atoms with Crippen LogP contribution in [0.4, 0.5) is 0 Å². The normalized spacial score (nSPS) is 15.5. The Labute approximate surface area is 185 Å². The van der Waals surface area contributed by atoms with Crippen LogP contribution < -0.4 is 4.74 Å². The molecule has 31 heavy (non-hydrogen) atoms. The summed E-state index contributed by atoms with van der Waals surface area (Å²) in [4.78, 5) is 14.3. The zero-order chi connectivity index (χ0) is 22.3. The number of benzene rings is 2. The highest BCUT2D eigenvalue weighted by atomic mass is 32.2. The van der Waals surface area contributed by atoms with Crippen molar-refractivity contribution < 1.29 is 17.9 Å². The molecule has 3 rings (SSSR count). The van der Waals surface area contributed by atoms with E-state index in [1.807, 2.05) is 54.6 Å². The van der Waals surface area contributed by atoms with Crippen LogP contribution in [0.15, 0.2) is 60.7 Å². The molecule has 2 aromatic rings. The number of hydrogen-bond donors (Lipinski definition) is 0. The Hall–Kier alpha value is -2.64. The van der Waals surface area contributed by atoms with Crippen LogP contribution in [-0.2, 0) is 21.4 Å². The summed E-state index contributed by atoms with van der Waals surface area (Å²) in [5.74, 6) is 0.786. The van der Waals surface area contributed by atoms with Crippen molar-refractivity contribution in [2.24, 2.45) is 0 Å². The topological polar surface area (TPSA) is 66.9 Å². The van der Waals surface area contributed by atoms with Crippen LogP contribution >= 0.6 is 0 Å². The van der Waals surface area contributed by atoms with Crippen molar-refractivity contribution in [2.75, 3.05) is 25.9 Å². The number of nitrogens with zero attached hydrogens (tertiary/aromatic N) is 2. The second-order valence-corrected chi connectivity index (χ2v) is 9.97. The highest BCUT2D eigenvalue weighted by Gasteiger charge is 2.29. The van der Waals surface area contributed by atoms with Gasteiger partial charge in [-0.25, -0.2) is 12.7 Å². The molecule has 1 fully saturated rings. The van der Waals surface area contributed by atoms with Gasteiger partial charge in [-0.1, -0.05) is 42.5 Å². The summed E-state index contributed by atoms with van der Waals surface area (Å²) >= 11 is 0. The van der Waals surface area contributed by atoms with E-state index in [1.165, 1.54) is 4.31 Å². The number of carbonyl (C=O) groups is 1. The van der Waals surface area contributed by atoms with Gasteiger partial charge in [-0.15, -0.1) is 0 Å². The van der Waals surface area contributed by atoms with Crippen LogP contribution in [0.25, 0.3) is 6.08 Å². The number of carbonyl (C=O) groups excluding carboxylic acids is 1. The van der Waals surface area contributed by atoms with E-state index < -0.39 is 10.0 Å². The van der Waals surface area contributed by atoms with Gasteiger partial charge < -0.3 is 9.64 Å². The Balaban J connectivity index is 1.52. The third-order valence-electron chi connectivity index (χ3n) is 5.62. The van der Waals surface area contributed by atoms with Gasteiger partial charge in [0.25, 0.3) is 0 Å². The first-order valence-corrected chi connectivity index (χ1v) is 12.2. The summed E-state index contributed by atoms with van der Waals surface area (Å²) in [5, 5.41) is 0. The van der Waals surface area contributed by atoms with Gasteiger partial charge in [0, 0.05) is 32.3 Å². The lowest BCUT2D eigenvalue weighted by Gasteiger charge is -2.35. The molecule has 6 nitrogen and oxygen atoms in total. The molecule has 0 radical (unpaired) electrons. The lowest BCUT2D eigenvalue weighted by atomic mass is 10.1. The van der Waals surface area contributed by atoms with E-state index in [4.69, 9.17) is 4.74 Å². The van der Waals surface area contributed by atoms with Crippen LogP contribution in [0.3, 0.4) is 0 Å². The standard InChI is InChI=1S/C24H30N2O4S/c1-3-31(28,29)25(2)22-14-16-26(17-15-22)24(27)13-12-20-10-7-11-23(18-20)30-19-21-8-5-4-6-9-21/h4-13,18,22H,3,14-17,19H2,1-2H3. The second kappa shape index (κ2) is 10.6. The number of hydrogen-bond acceptors (Lipinski definition) is 4. The Morgan fingerprint density at radius 2 is 1.84 bits per heavy atom. The van der Waals surface area contributed by atoms with Crippen LogP contribution in [0, 0.1) is 0 Å². The SMILES string of the molecule is CCS(=O)(=O)N(C)C1CCN(C(=O)C=Cc2cccc(OCc3ccccc3)c2)CC1. The molecule has 1 aliphatic heterocycles. The molecule has 0 atom stereocenters. The van der Waals surface area contributed by atoms with Crippen LogP contribution in [0.5, 0.6) is 5.75 Å². The molecule has 166 valence electrons. The minimum atomic E-state index is -3.20. The first kappa shape index (κ1) is 23.0. The molecule has 1 saturated heterocycles. The number of piperidine rings is 1. The third kappa shape index (κ3) is 6.42.